The first-order valence-corrected chi connectivity index (χ1v) is 9.04. The van der Waals surface area contributed by atoms with Gasteiger partial charge >= 0.3 is 6.03 Å². The third kappa shape index (κ3) is 4.68. The number of hydrogen-bond donors (Lipinski definition) is 3. The summed E-state index contributed by atoms with van der Waals surface area (Å²) in [5.41, 5.74) is 1.51. The molecule has 1 aromatic carbocycles. The maximum absolute atomic E-state index is 12.4. The molecule has 2 atom stereocenters. The van der Waals surface area contributed by atoms with Crippen LogP contribution < -0.4 is 20.7 Å². The molecule has 0 radical (unpaired) electrons. The van der Waals surface area contributed by atoms with Crippen molar-refractivity contribution in [1.82, 2.24) is 15.6 Å². The summed E-state index contributed by atoms with van der Waals surface area (Å²) in [6.07, 6.45) is 0.647. The van der Waals surface area contributed by atoms with E-state index in [2.05, 4.69) is 20.9 Å². The highest BCUT2D eigenvalue weighted by atomic mass is 35.5. The largest absolute Gasteiger partial charge is 0.492 e. The van der Waals surface area contributed by atoms with Gasteiger partial charge in [0.2, 0.25) is 5.91 Å². The van der Waals surface area contributed by atoms with E-state index in [1.807, 2.05) is 19.1 Å². The molecule has 1 aromatic heterocycles. The Kier molecular flexibility index (Phi) is 5.81. The minimum atomic E-state index is -0.371. The third-order valence-electron chi connectivity index (χ3n) is 4.21. The van der Waals surface area contributed by atoms with E-state index in [4.69, 9.17) is 16.3 Å². The van der Waals surface area contributed by atoms with Gasteiger partial charge in [-0.15, -0.1) is 0 Å². The van der Waals surface area contributed by atoms with Crippen LogP contribution in [0.4, 0.5) is 10.6 Å². The molecule has 1 aliphatic rings. The van der Waals surface area contributed by atoms with Crippen LogP contribution in [0.25, 0.3) is 0 Å². The molecule has 0 bridgehead atoms. The normalized spacial score (nSPS) is 16.5. The van der Waals surface area contributed by atoms with Gasteiger partial charge in [-0.25, -0.2) is 9.78 Å². The van der Waals surface area contributed by atoms with E-state index in [-0.39, 0.29) is 24.0 Å². The average Bonchev–Trinajstić information content (AvgIpc) is 2.62. The summed E-state index contributed by atoms with van der Waals surface area (Å²) in [4.78, 5) is 28.0. The van der Waals surface area contributed by atoms with Crippen molar-refractivity contribution in [1.29, 1.82) is 0 Å². The van der Waals surface area contributed by atoms with Gasteiger partial charge in [-0.05, 0) is 25.1 Å². The molecule has 0 spiro atoms. The van der Waals surface area contributed by atoms with Crippen molar-refractivity contribution in [2.24, 2.45) is 0 Å². The Balaban J connectivity index is 1.67. The number of aromatic nitrogens is 1. The van der Waals surface area contributed by atoms with Crippen LogP contribution in [0.3, 0.4) is 0 Å². The van der Waals surface area contributed by atoms with E-state index in [1.54, 1.807) is 24.3 Å². The number of ether oxygens (including phenoxy) is 1. The predicted molar refractivity (Wildman–Crippen MR) is 103 cm³/mol. The second kappa shape index (κ2) is 8.26. The Hall–Kier alpha value is -2.80. The molecule has 1 unspecified atom stereocenters. The van der Waals surface area contributed by atoms with Crippen molar-refractivity contribution in [2.75, 3.05) is 11.9 Å². The molecule has 7 nitrogen and oxygen atoms in total. The SMILES string of the molecule is CC(=O)NC(C)c1cccc(NC(=O)N[C@H]2CCOc3c(Cl)cccc32)n1. The van der Waals surface area contributed by atoms with Gasteiger partial charge in [-0.1, -0.05) is 29.8 Å². The highest BCUT2D eigenvalue weighted by Gasteiger charge is 2.24. The number of para-hydroxylation sites is 1. The highest BCUT2D eigenvalue weighted by Crippen LogP contribution is 2.37. The number of carbonyl (C=O) groups is 2. The predicted octanol–water partition coefficient (Wildman–Crippen LogP) is 3.58. The third-order valence-corrected chi connectivity index (χ3v) is 4.50. The Morgan fingerprint density at radius 3 is 2.81 bits per heavy atom. The first kappa shape index (κ1) is 19.0. The van der Waals surface area contributed by atoms with E-state index >= 15 is 0 Å². The van der Waals surface area contributed by atoms with Gasteiger partial charge in [0, 0.05) is 18.9 Å². The monoisotopic (exact) mass is 388 g/mol. The first-order chi connectivity index (χ1) is 12.9. The van der Waals surface area contributed by atoms with E-state index < -0.39 is 0 Å². The maximum Gasteiger partial charge on any atom is 0.320 e. The van der Waals surface area contributed by atoms with E-state index in [1.165, 1.54) is 6.92 Å². The standard InChI is InChI=1S/C19H21ClN4O3/c1-11(21-12(2)25)15-7-4-8-17(22-15)24-19(26)23-16-9-10-27-18-13(16)5-3-6-14(18)20/h3-8,11,16H,9-10H2,1-2H3,(H,21,25)(H2,22,23,24,26)/t11?,16-/m0/s1. The Labute approximate surface area is 162 Å². The number of amides is 3. The van der Waals surface area contributed by atoms with Crippen LogP contribution in [0.15, 0.2) is 36.4 Å². The van der Waals surface area contributed by atoms with Crippen LogP contribution in [0, 0.1) is 0 Å². The molecule has 142 valence electrons. The molecular weight excluding hydrogens is 368 g/mol. The van der Waals surface area contributed by atoms with Gasteiger partial charge in [-0.3, -0.25) is 10.1 Å². The Morgan fingerprint density at radius 1 is 1.26 bits per heavy atom. The van der Waals surface area contributed by atoms with Crippen LogP contribution in [0.2, 0.25) is 5.02 Å². The lowest BCUT2D eigenvalue weighted by Gasteiger charge is -2.27. The van der Waals surface area contributed by atoms with Crippen molar-refractivity contribution in [2.45, 2.75) is 32.4 Å². The minimum absolute atomic E-state index is 0.141. The molecule has 3 rings (SSSR count). The Morgan fingerprint density at radius 2 is 2.04 bits per heavy atom. The van der Waals surface area contributed by atoms with E-state index in [9.17, 15) is 9.59 Å². The van der Waals surface area contributed by atoms with Gasteiger partial charge in [0.25, 0.3) is 0 Å². The minimum Gasteiger partial charge on any atom is -0.492 e. The molecule has 27 heavy (non-hydrogen) atoms. The lowest BCUT2D eigenvalue weighted by atomic mass is 10.0. The van der Waals surface area contributed by atoms with Crippen molar-refractivity contribution < 1.29 is 14.3 Å². The number of nitrogens with zero attached hydrogens (tertiary/aromatic N) is 1. The maximum atomic E-state index is 12.4. The second-order valence-electron chi connectivity index (χ2n) is 6.32. The number of benzene rings is 1. The summed E-state index contributed by atoms with van der Waals surface area (Å²) in [7, 11) is 0. The molecule has 3 amide bonds. The van der Waals surface area contributed by atoms with Gasteiger partial charge < -0.3 is 15.4 Å². The number of hydrogen-bond acceptors (Lipinski definition) is 4. The highest BCUT2D eigenvalue weighted by molar-refractivity contribution is 6.32. The molecule has 2 aromatic rings. The summed E-state index contributed by atoms with van der Waals surface area (Å²) in [5, 5.41) is 8.96. The van der Waals surface area contributed by atoms with Crippen LogP contribution in [-0.4, -0.2) is 23.5 Å². The summed E-state index contributed by atoms with van der Waals surface area (Å²) in [6.45, 7) is 3.75. The van der Waals surface area contributed by atoms with E-state index in [0.717, 1.165) is 5.56 Å². The number of anilines is 1. The quantitative estimate of drug-likeness (QED) is 0.746. The van der Waals surface area contributed by atoms with Crippen molar-refractivity contribution >= 4 is 29.4 Å². The van der Waals surface area contributed by atoms with Crippen LogP contribution in [0.5, 0.6) is 5.75 Å². The Bertz CT molecular complexity index is 859. The first-order valence-electron chi connectivity index (χ1n) is 8.67. The van der Waals surface area contributed by atoms with E-state index in [0.29, 0.717) is 35.3 Å². The summed E-state index contributed by atoms with van der Waals surface area (Å²) < 4.78 is 5.61. The molecule has 2 heterocycles. The molecule has 1 aliphatic heterocycles. The number of halogens is 1. The zero-order chi connectivity index (χ0) is 19.4. The van der Waals surface area contributed by atoms with Gasteiger partial charge in [0.05, 0.1) is 29.4 Å². The van der Waals surface area contributed by atoms with Gasteiger partial charge in [0.15, 0.2) is 0 Å². The number of fused-ring (bicyclic) bond motifs is 1. The number of nitrogens with one attached hydrogen (secondary N) is 3. The number of urea groups is 1. The molecule has 8 heteroatoms. The fourth-order valence-corrected chi connectivity index (χ4v) is 3.22. The topological polar surface area (TPSA) is 92.4 Å². The molecule has 0 aliphatic carbocycles. The number of rotatable bonds is 4. The fraction of sp³-hybridized carbons (Fsp3) is 0.316. The average molecular weight is 389 g/mol. The van der Waals surface area contributed by atoms with Crippen LogP contribution >= 0.6 is 11.6 Å². The second-order valence-corrected chi connectivity index (χ2v) is 6.72. The molecule has 0 saturated heterocycles. The van der Waals surface area contributed by atoms with Gasteiger partial charge in [0.1, 0.15) is 11.6 Å². The zero-order valence-electron chi connectivity index (χ0n) is 15.1. The smallest absolute Gasteiger partial charge is 0.320 e. The fourth-order valence-electron chi connectivity index (χ4n) is 2.99. The van der Waals surface area contributed by atoms with Crippen molar-refractivity contribution in [3.63, 3.8) is 0 Å². The summed E-state index contributed by atoms with van der Waals surface area (Å²) >= 11 is 6.16. The number of pyridine rings is 1. The summed E-state index contributed by atoms with van der Waals surface area (Å²) in [6, 6.07) is 9.92. The summed E-state index contributed by atoms with van der Waals surface area (Å²) in [5.74, 6) is 0.873. The molecular formula is C19H21ClN4O3. The molecule has 0 saturated carbocycles. The number of carbonyl (C=O) groups excluding carboxylic acids is 2. The van der Waals surface area contributed by atoms with Crippen LogP contribution in [-0.2, 0) is 4.79 Å². The van der Waals surface area contributed by atoms with Crippen molar-refractivity contribution in [3.05, 3.63) is 52.7 Å². The lowest BCUT2D eigenvalue weighted by molar-refractivity contribution is -0.119. The van der Waals surface area contributed by atoms with Crippen LogP contribution in [0.1, 0.15) is 43.6 Å². The molecule has 3 N–H and O–H groups in total. The van der Waals surface area contributed by atoms with Gasteiger partial charge in [-0.2, -0.15) is 0 Å². The lowest BCUT2D eigenvalue weighted by Crippen LogP contribution is -2.35. The zero-order valence-corrected chi connectivity index (χ0v) is 15.8. The van der Waals surface area contributed by atoms with Crippen molar-refractivity contribution in [3.8, 4) is 5.75 Å². The molecule has 0 fully saturated rings.